The van der Waals surface area contributed by atoms with Crippen LogP contribution in [0.15, 0.2) is 36.4 Å². The maximum atomic E-state index is 12.8. The lowest BCUT2D eigenvalue weighted by molar-refractivity contribution is 0.102. The fraction of sp³-hybridized carbons (Fsp3) is 0.286. The number of aromatic nitrogens is 1. The number of nitrogens with zero attached hydrogens (tertiary/aromatic N) is 1. The van der Waals surface area contributed by atoms with E-state index in [1.165, 1.54) is 0 Å². The summed E-state index contributed by atoms with van der Waals surface area (Å²) < 4.78 is 16.3. The third-order valence-electron chi connectivity index (χ3n) is 4.37. The van der Waals surface area contributed by atoms with Gasteiger partial charge in [-0.25, -0.2) is 0 Å². The van der Waals surface area contributed by atoms with E-state index >= 15 is 0 Å². The minimum absolute atomic E-state index is 0.249. The number of carbonyl (C=O) groups excluding carboxylic acids is 1. The number of anilines is 1. The number of amides is 1. The Kier molecular flexibility index (Phi) is 5.75. The standard InChI is InChI=1S/C21H25N3O4/c1-24(2)12-13-7-6-8-14(9-13)22-21(25)16-10-15-17(26-3)11-18(27-4)20(28-5)19(15)23-16/h6-11,23H,12H2,1-5H3,(H,22,25). The first-order valence-corrected chi connectivity index (χ1v) is 8.83. The Morgan fingerprint density at radius 1 is 1.04 bits per heavy atom. The van der Waals surface area contributed by atoms with E-state index in [4.69, 9.17) is 14.2 Å². The number of nitrogens with one attached hydrogen (secondary N) is 2. The van der Waals surface area contributed by atoms with Crippen molar-refractivity contribution in [3.05, 3.63) is 47.7 Å². The highest BCUT2D eigenvalue weighted by Gasteiger charge is 2.19. The van der Waals surface area contributed by atoms with Crippen LogP contribution in [0.1, 0.15) is 16.1 Å². The van der Waals surface area contributed by atoms with Crippen molar-refractivity contribution in [2.75, 3.05) is 40.7 Å². The Bertz CT molecular complexity index is 995. The van der Waals surface area contributed by atoms with Gasteiger partial charge in [0.25, 0.3) is 5.91 Å². The first kappa shape index (κ1) is 19.6. The molecule has 3 rings (SSSR count). The highest BCUT2D eigenvalue weighted by atomic mass is 16.5. The van der Waals surface area contributed by atoms with Gasteiger partial charge >= 0.3 is 0 Å². The molecule has 2 aromatic carbocycles. The molecule has 2 N–H and O–H groups in total. The van der Waals surface area contributed by atoms with Gasteiger partial charge in [0.05, 0.1) is 26.8 Å². The molecule has 0 saturated heterocycles. The summed E-state index contributed by atoms with van der Waals surface area (Å²) in [5, 5.41) is 3.68. The van der Waals surface area contributed by atoms with E-state index in [1.54, 1.807) is 33.5 Å². The van der Waals surface area contributed by atoms with Gasteiger partial charge in [-0.05, 0) is 37.9 Å². The Balaban J connectivity index is 1.94. The molecule has 1 amide bonds. The summed E-state index contributed by atoms with van der Waals surface area (Å²) in [5.74, 6) is 1.39. The SMILES string of the molecule is COc1cc(OC)c2cc(C(=O)Nc3cccc(CN(C)C)c3)[nH]c2c1OC. The number of methoxy groups -OCH3 is 3. The second-order valence-corrected chi connectivity index (χ2v) is 6.68. The predicted octanol–water partition coefficient (Wildman–Crippen LogP) is 3.51. The van der Waals surface area contributed by atoms with Crippen LogP contribution in [-0.4, -0.2) is 51.2 Å². The molecule has 0 saturated carbocycles. The molecule has 0 aliphatic carbocycles. The van der Waals surface area contributed by atoms with Crippen molar-refractivity contribution in [1.82, 2.24) is 9.88 Å². The molecule has 1 aromatic heterocycles. The van der Waals surface area contributed by atoms with Crippen LogP contribution in [0.3, 0.4) is 0 Å². The van der Waals surface area contributed by atoms with Crippen LogP contribution in [0.25, 0.3) is 10.9 Å². The van der Waals surface area contributed by atoms with E-state index < -0.39 is 0 Å². The lowest BCUT2D eigenvalue weighted by Gasteiger charge is -2.11. The van der Waals surface area contributed by atoms with E-state index in [-0.39, 0.29) is 5.91 Å². The predicted molar refractivity (Wildman–Crippen MR) is 110 cm³/mol. The summed E-state index contributed by atoms with van der Waals surface area (Å²) in [5.41, 5.74) is 2.90. The molecule has 28 heavy (non-hydrogen) atoms. The molecular formula is C21H25N3O4. The van der Waals surface area contributed by atoms with Gasteiger partial charge in [0.15, 0.2) is 11.5 Å². The highest BCUT2D eigenvalue weighted by molar-refractivity contribution is 6.08. The van der Waals surface area contributed by atoms with Gasteiger partial charge in [-0.2, -0.15) is 0 Å². The number of hydrogen-bond donors (Lipinski definition) is 2. The maximum absolute atomic E-state index is 12.8. The van der Waals surface area contributed by atoms with E-state index in [2.05, 4.69) is 15.2 Å². The monoisotopic (exact) mass is 383 g/mol. The molecular weight excluding hydrogens is 358 g/mol. The number of fused-ring (bicyclic) bond motifs is 1. The second kappa shape index (κ2) is 8.22. The summed E-state index contributed by atoms with van der Waals surface area (Å²) in [6, 6.07) is 11.3. The van der Waals surface area contributed by atoms with Gasteiger partial charge in [0, 0.05) is 23.7 Å². The van der Waals surface area contributed by atoms with Crippen molar-refractivity contribution >= 4 is 22.5 Å². The van der Waals surface area contributed by atoms with Crippen LogP contribution in [0.4, 0.5) is 5.69 Å². The van der Waals surface area contributed by atoms with Crippen LogP contribution < -0.4 is 19.5 Å². The summed E-state index contributed by atoms with van der Waals surface area (Å²) in [6.07, 6.45) is 0. The molecule has 0 fully saturated rings. The zero-order valence-corrected chi connectivity index (χ0v) is 16.8. The van der Waals surface area contributed by atoms with Crippen LogP contribution >= 0.6 is 0 Å². The molecule has 7 heteroatoms. The Morgan fingerprint density at radius 3 is 2.43 bits per heavy atom. The molecule has 0 radical (unpaired) electrons. The Labute approximate surface area is 164 Å². The third-order valence-corrected chi connectivity index (χ3v) is 4.37. The van der Waals surface area contributed by atoms with Crippen molar-refractivity contribution < 1.29 is 19.0 Å². The number of aromatic amines is 1. The average Bonchev–Trinajstić information content (AvgIpc) is 3.11. The minimum atomic E-state index is -0.249. The first-order valence-electron chi connectivity index (χ1n) is 8.83. The van der Waals surface area contributed by atoms with E-state index in [9.17, 15) is 4.79 Å². The molecule has 7 nitrogen and oxygen atoms in total. The number of rotatable bonds is 7. The average molecular weight is 383 g/mol. The fourth-order valence-electron chi connectivity index (χ4n) is 3.17. The van der Waals surface area contributed by atoms with Crippen molar-refractivity contribution in [2.24, 2.45) is 0 Å². The summed E-state index contributed by atoms with van der Waals surface area (Å²) in [7, 11) is 8.69. The number of H-pyrrole nitrogens is 1. The van der Waals surface area contributed by atoms with Crippen molar-refractivity contribution in [3.63, 3.8) is 0 Å². The first-order chi connectivity index (χ1) is 13.5. The summed E-state index contributed by atoms with van der Waals surface area (Å²) in [6.45, 7) is 0.796. The van der Waals surface area contributed by atoms with Gasteiger partial charge in [-0.15, -0.1) is 0 Å². The molecule has 0 bridgehead atoms. The van der Waals surface area contributed by atoms with Crippen molar-refractivity contribution in [1.29, 1.82) is 0 Å². The fourth-order valence-corrected chi connectivity index (χ4v) is 3.17. The zero-order chi connectivity index (χ0) is 20.3. The molecule has 0 unspecified atom stereocenters. The summed E-state index contributed by atoms with van der Waals surface area (Å²) >= 11 is 0. The second-order valence-electron chi connectivity index (χ2n) is 6.68. The minimum Gasteiger partial charge on any atom is -0.496 e. The molecule has 1 heterocycles. The topological polar surface area (TPSA) is 75.8 Å². The van der Waals surface area contributed by atoms with Crippen LogP contribution in [0.2, 0.25) is 0 Å². The third kappa shape index (κ3) is 3.89. The number of ether oxygens (including phenoxy) is 3. The number of benzene rings is 2. The summed E-state index contributed by atoms with van der Waals surface area (Å²) in [4.78, 5) is 18.0. The quantitative estimate of drug-likeness (QED) is 0.653. The molecule has 148 valence electrons. The number of carbonyl (C=O) groups is 1. The molecule has 0 spiro atoms. The van der Waals surface area contributed by atoms with E-state index in [1.807, 2.05) is 38.4 Å². The van der Waals surface area contributed by atoms with Crippen LogP contribution in [-0.2, 0) is 6.54 Å². The van der Waals surface area contributed by atoms with Gasteiger partial charge in [-0.1, -0.05) is 12.1 Å². The molecule has 0 aliphatic heterocycles. The lowest BCUT2D eigenvalue weighted by Crippen LogP contribution is -2.13. The lowest BCUT2D eigenvalue weighted by atomic mass is 10.2. The maximum Gasteiger partial charge on any atom is 0.272 e. The van der Waals surface area contributed by atoms with Gasteiger partial charge in [0.2, 0.25) is 0 Å². The van der Waals surface area contributed by atoms with Crippen molar-refractivity contribution in [3.8, 4) is 17.2 Å². The van der Waals surface area contributed by atoms with Crippen LogP contribution in [0, 0.1) is 0 Å². The molecule has 0 atom stereocenters. The van der Waals surface area contributed by atoms with Crippen LogP contribution in [0.5, 0.6) is 17.2 Å². The highest BCUT2D eigenvalue weighted by Crippen LogP contribution is 2.41. The van der Waals surface area contributed by atoms with Crippen molar-refractivity contribution in [2.45, 2.75) is 6.54 Å². The van der Waals surface area contributed by atoms with E-state index in [0.29, 0.717) is 28.5 Å². The zero-order valence-electron chi connectivity index (χ0n) is 16.8. The van der Waals surface area contributed by atoms with E-state index in [0.717, 1.165) is 23.2 Å². The smallest absolute Gasteiger partial charge is 0.272 e. The molecule has 3 aromatic rings. The number of hydrogen-bond acceptors (Lipinski definition) is 5. The van der Waals surface area contributed by atoms with Gasteiger partial charge in [-0.3, -0.25) is 4.79 Å². The normalized spacial score (nSPS) is 10.9. The molecule has 0 aliphatic rings. The Morgan fingerprint density at radius 2 is 1.79 bits per heavy atom. The largest absolute Gasteiger partial charge is 0.496 e. The Hall–Kier alpha value is -3.19. The van der Waals surface area contributed by atoms with Gasteiger partial charge < -0.3 is 29.4 Å². The van der Waals surface area contributed by atoms with Gasteiger partial charge in [0.1, 0.15) is 11.4 Å².